The van der Waals surface area contributed by atoms with Crippen LogP contribution in [-0.4, -0.2) is 37.4 Å². The molecule has 1 fully saturated rings. The summed E-state index contributed by atoms with van der Waals surface area (Å²) >= 11 is 0. The fraction of sp³-hybridized carbons (Fsp3) is 0.500. The molecule has 1 aromatic heterocycles. The van der Waals surface area contributed by atoms with Gasteiger partial charge in [-0.25, -0.2) is 9.98 Å². The maximum absolute atomic E-state index is 4.64. The van der Waals surface area contributed by atoms with E-state index in [1.165, 1.54) is 0 Å². The molecular formula is C16H24N4. The first-order valence-electron chi connectivity index (χ1n) is 7.24. The van der Waals surface area contributed by atoms with Crippen molar-refractivity contribution in [3.05, 3.63) is 23.8 Å². The van der Waals surface area contributed by atoms with E-state index in [2.05, 4.69) is 52.9 Å². The number of rotatable bonds is 4. The topological polar surface area (TPSA) is 40.5 Å². The summed E-state index contributed by atoms with van der Waals surface area (Å²) in [6, 6.07) is 4.66. The van der Waals surface area contributed by atoms with Crippen molar-refractivity contribution < 1.29 is 0 Å². The van der Waals surface area contributed by atoms with Crippen molar-refractivity contribution in [3.8, 4) is 0 Å². The lowest BCUT2D eigenvalue weighted by Crippen LogP contribution is -2.53. The molecule has 1 aliphatic rings. The molecule has 1 unspecified atom stereocenters. The van der Waals surface area contributed by atoms with Gasteiger partial charge in [-0.2, -0.15) is 0 Å². The lowest BCUT2D eigenvalue weighted by Gasteiger charge is -2.36. The van der Waals surface area contributed by atoms with Gasteiger partial charge in [-0.05, 0) is 31.7 Å². The highest BCUT2D eigenvalue weighted by Gasteiger charge is 2.22. The Hall–Kier alpha value is -1.68. The van der Waals surface area contributed by atoms with E-state index in [-0.39, 0.29) is 0 Å². The minimum absolute atomic E-state index is 0.515. The Labute approximate surface area is 121 Å². The largest absolute Gasteiger partial charge is 0.354 e. The predicted molar refractivity (Wildman–Crippen MR) is 87.0 cm³/mol. The summed E-state index contributed by atoms with van der Waals surface area (Å²) in [5.41, 5.74) is 1.02. The van der Waals surface area contributed by atoms with Crippen LogP contribution in [0.5, 0.6) is 0 Å². The molecule has 0 amide bonds. The van der Waals surface area contributed by atoms with E-state index in [9.17, 15) is 0 Å². The van der Waals surface area contributed by atoms with Crippen LogP contribution in [0.1, 0.15) is 26.3 Å². The van der Waals surface area contributed by atoms with Crippen LogP contribution in [0.2, 0.25) is 0 Å². The molecule has 0 saturated carbocycles. The van der Waals surface area contributed by atoms with Crippen molar-refractivity contribution in [3.63, 3.8) is 0 Å². The number of hydrogen-bond acceptors (Lipinski definition) is 4. The van der Waals surface area contributed by atoms with Gasteiger partial charge in [-0.15, -0.1) is 0 Å². The summed E-state index contributed by atoms with van der Waals surface area (Å²) in [6.45, 7) is 13.1. The third kappa shape index (κ3) is 3.25. The van der Waals surface area contributed by atoms with Crippen LogP contribution in [0, 0.1) is 5.92 Å². The average molecular weight is 272 g/mol. The van der Waals surface area contributed by atoms with Crippen molar-refractivity contribution in [1.82, 2.24) is 10.3 Å². The molecule has 0 bridgehead atoms. The van der Waals surface area contributed by atoms with Crippen LogP contribution < -0.4 is 10.2 Å². The fourth-order valence-corrected chi connectivity index (χ4v) is 2.49. The molecular weight excluding hydrogens is 248 g/mol. The van der Waals surface area contributed by atoms with Gasteiger partial charge < -0.3 is 10.2 Å². The SMILES string of the molecule is C=Nc1nc(N2CCNC(C(C)C)C2)ccc1C=CC. The normalized spacial score (nSPS) is 19.8. The van der Waals surface area contributed by atoms with Crippen molar-refractivity contribution >= 4 is 24.4 Å². The van der Waals surface area contributed by atoms with E-state index < -0.39 is 0 Å². The second kappa shape index (κ2) is 6.66. The van der Waals surface area contributed by atoms with Crippen LogP contribution in [-0.2, 0) is 0 Å². The number of pyridine rings is 1. The van der Waals surface area contributed by atoms with Gasteiger partial charge >= 0.3 is 0 Å². The summed E-state index contributed by atoms with van der Waals surface area (Å²) < 4.78 is 0. The molecule has 0 spiro atoms. The minimum Gasteiger partial charge on any atom is -0.354 e. The Morgan fingerprint density at radius 2 is 2.30 bits per heavy atom. The van der Waals surface area contributed by atoms with E-state index in [0.29, 0.717) is 17.8 Å². The van der Waals surface area contributed by atoms with E-state index >= 15 is 0 Å². The molecule has 1 saturated heterocycles. The molecule has 1 aliphatic heterocycles. The number of piperazine rings is 1. The van der Waals surface area contributed by atoms with Crippen LogP contribution in [0.4, 0.5) is 11.6 Å². The smallest absolute Gasteiger partial charge is 0.160 e. The lowest BCUT2D eigenvalue weighted by molar-refractivity contribution is 0.367. The van der Waals surface area contributed by atoms with Gasteiger partial charge in [-0.3, -0.25) is 0 Å². The predicted octanol–water partition coefficient (Wildman–Crippen LogP) is 2.88. The highest BCUT2D eigenvalue weighted by molar-refractivity contribution is 5.65. The number of allylic oxidation sites excluding steroid dienone is 1. The van der Waals surface area contributed by atoms with Gasteiger partial charge in [0.2, 0.25) is 0 Å². The molecule has 108 valence electrons. The average Bonchev–Trinajstić information content (AvgIpc) is 2.48. The molecule has 4 nitrogen and oxygen atoms in total. The van der Waals surface area contributed by atoms with E-state index in [1.807, 2.05) is 19.1 Å². The summed E-state index contributed by atoms with van der Waals surface area (Å²) in [5, 5.41) is 3.56. The highest BCUT2D eigenvalue weighted by atomic mass is 15.2. The monoisotopic (exact) mass is 272 g/mol. The van der Waals surface area contributed by atoms with Gasteiger partial charge in [0.25, 0.3) is 0 Å². The van der Waals surface area contributed by atoms with E-state index in [1.54, 1.807) is 0 Å². The zero-order valence-electron chi connectivity index (χ0n) is 12.6. The summed E-state index contributed by atoms with van der Waals surface area (Å²) in [4.78, 5) is 11.0. The number of nitrogens with one attached hydrogen (secondary N) is 1. The van der Waals surface area contributed by atoms with Gasteiger partial charge in [0.1, 0.15) is 5.82 Å². The first kappa shape index (κ1) is 14.7. The zero-order valence-corrected chi connectivity index (χ0v) is 12.6. The molecule has 20 heavy (non-hydrogen) atoms. The van der Waals surface area contributed by atoms with Crippen molar-refractivity contribution in [2.24, 2.45) is 10.9 Å². The molecule has 0 aromatic carbocycles. The maximum Gasteiger partial charge on any atom is 0.160 e. The van der Waals surface area contributed by atoms with Crippen LogP contribution >= 0.6 is 0 Å². The minimum atomic E-state index is 0.515. The third-order valence-corrected chi connectivity index (χ3v) is 3.72. The van der Waals surface area contributed by atoms with Crippen molar-refractivity contribution in [2.45, 2.75) is 26.8 Å². The Balaban J connectivity index is 2.22. The van der Waals surface area contributed by atoms with Gasteiger partial charge in [0, 0.05) is 31.2 Å². The number of hydrogen-bond donors (Lipinski definition) is 1. The van der Waals surface area contributed by atoms with Gasteiger partial charge in [-0.1, -0.05) is 26.0 Å². The molecule has 2 heterocycles. The van der Waals surface area contributed by atoms with Crippen LogP contribution in [0.25, 0.3) is 6.08 Å². The fourth-order valence-electron chi connectivity index (χ4n) is 2.49. The Kier molecular flexibility index (Phi) is 4.90. The Bertz CT molecular complexity index is 493. The molecule has 1 N–H and O–H groups in total. The van der Waals surface area contributed by atoms with E-state index in [4.69, 9.17) is 0 Å². The van der Waals surface area contributed by atoms with Gasteiger partial charge in [0.05, 0.1) is 0 Å². The second-order valence-corrected chi connectivity index (χ2v) is 5.49. The Morgan fingerprint density at radius 1 is 1.50 bits per heavy atom. The number of aromatic nitrogens is 1. The summed E-state index contributed by atoms with van der Waals surface area (Å²) in [5.74, 6) is 2.32. The zero-order chi connectivity index (χ0) is 14.5. The second-order valence-electron chi connectivity index (χ2n) is 5.49. The third-order valence-electron chi connectivity index (χ3n) is 3.72. The maximum atomic E-state index is 4.64. The number of aliphatic imine (C=N–C) groups is 1. The molecule has 1 atom stereocenters. The summed E-state index contributed by atoms with van der Waals surface area (Å²) in [7, 11) is 0. The standard InChI is InChI=1S/C16H24N4/c1-5-6-13-7-8-15(19-16(13)17-4)20-10-9-18-14(11-20)12(2)3/h5-8,12,14,18H,4,9-11H2,1-3H3. The van der Waals surface area contributed by atoms with Crippen LogP contribution in [0.3, 0.4) is 0 Å². The first-order valence-corrected chi connectivity index (χ1v) is 7.24. The molecule has 0 radical (unpaired) electrons. The molecule has 4 heteroatoms. The molecule has 2 rings (SSSR count). The number of nitrogens with zero attached hydrogens (tertiary/aromatic N) is 3. The number of anilines is 1. The van der Waals surface area contributed by atoms with E-state index in [0.717, 1.165) is 31.0 Å². The molecule has 1 aromatic rings. The lowest BCUT2D eigenvalue weighted by atomic mass is 10.0. The van der Waals surface area contributed by atoms with Crippen LogP contribution in [0.15, 0.2) is 23.2 Å². The highest BCUT2D eigenvalue weighted by Crippen LogP contribution is 2.24. The van der Waals surface area contributed by atoms with Crippen molar-refractivity contribution in [2.75, 3.05) is 24.5 Å². The van der Waals surface area contributed by atoms with Crippen molar-refractivity contribution in [1.29, 1.82) is 0 Å². The Morgan fingerprint density at radius 3 is 2.95 bits per heavy atom. The summed E-state index contributed by atoms with van der Waals surface area (Å²) in [6.07, 6.45) is 4.00. The quantitative estimate of drug-likeness (QED) is 0.857. The first-order chi connectivity index (χ1) is 9.65. The molecule has 0 aliphatic carbocycles. The van der Waals surface area contributed by atoms with Gasteiger partial charge in [0.15, 0.2) is 5.82 Å².